The molecule has 0 aromatic heterocycles. The molecule has 3 aromatic carbocycles. The van der Waals surface area contributed by atoms with Crippen LogP contribution in [0, 0.1) is 0 Å². The molecule has 3 rings (SSSR count). The first-order valence-corrected chi connectivity index (χ1v) is 12.8. The average Bonchev–Trinajstić information content (AvgIpc) is 2.82. The van der Waals surface area contributed by atoms with Gasteiger partial charge in [-0.15, -0.1) is 0 Å². The molecule has 7 heteroatoms. The largest absolute Gasteiger partial charge is 0.492 e. The number of carbonyl (C=O) groups is 1. The van der Waals surface area contributed by atoms with Crippen molar-refractivity contribution in [2.45, 2.75) is 26.3 Å². The molecule has 0 aliphatic rings. The van der Waals surface area contributed by atoms with Gasteiger partial charge in [0, 0.05) is 12.1 Å². The lowest BCUT2D eigenvalue weighted by Crippen LogP contribution is -2.30. The second-order valence-corrected chi connectivity index (χ2v) is 9.80. The van der Waals surface area contributed by atoms with Crippen molar-refractivity contribution in [3.63, 3.8) is 0 Å². The highest BCUT2D eigenvalue weighted by molar-refractivity contribution is 7.92. The fourth-order valence-corrected chi connectivity index (χ4v) is 4.39. The SMILES string of the molecule is CCOc1ccccc1N(Cc1ccc(C(=O)NCC(C)c2ccccc2)cc1)S(C)(=O)=O. The predicted octanol–water partition coefficient (Wildman–Crippen LogP) is 4.59. The number of sulfonamides is 1. The van der Waals surface area contributed by atoms with E-state index in [2.05, 4.69) is 12.2 Å². The van der Waals surface area contributed by atoms with Crippen LogP contribution < -0.4 is 14.4 Å². The molecule has 0 fully saturated rings. The Morgan fingerprint density at radius 1 is 0.970 bits per heavy atom. The van der Waals surface area contributed by atoms with Crippen LogP contribution >= 0.6 is 0 Å². The van der Waals surface area contributed by atoms with E-state index in [-0.39, 0.29) is 18.4 Å². The van der Waals surface area contributed by atoms with Crippen LogP contribution in [0.5, 0.6) is 5.75 Å². The second-order valence-electron chi connectivity index (χ2n) is 7.89. The lowest BCUT2D eigenvalue weighted by molar-refractivity contribution is 0.0951. The quantitative estimate of drug-likeness (QED) is 0.474. The third-order valence-electron chi connectivity index (χ3n) is 5.31. The highest BCUT2D eigenvalue weighted by atomic mass is 32.2. The Morgan fingerprint density at radius 2 is 1.61 bits per heavy atom. The highest BCUT2D eigenvalue weighted by Gasteiger charge is 2.21. The number of benzene rings is 3. The Balaban J connectivity index is 1.70. The normalized spacial score (nSPS) is 12.1. The van der Waals surface area contributed by atoms with Crippen LogP contribution in [0.25, 0.3) is 0 Å². The van der Waals surface area contributed by atoms with Crippen LogP contribution in [0.3, 0.4) is 0 Å². The van der Waals surface area contributed by atoms with E-state index in [0.29, 0.717) is 30.2 Å². The molecule has 0 spiro atoms. The minimum atomic E-state index is -3.55. The summed E-state index contributed by atoms with van der Waals surface area (Å²) in [5.74, 6) is 0.545. The topological polar surface area (TPSA) is 75.7 Å². The zero-order valence-corrected chi connectivity index (χ0v) is 20.0. The number of amides is 1. The zero-order chi connectivity index (χ0) is 23.8. The van der Waals surface area contributed by atoms with Crippen LogP contribution in [0.2, 0.25) is 0 Å². The molecule has 6 nitrogen and oxygen atoms in total. The summed E-state index contributed by atoms with van der Waals surface area (Å²) in [5.41, 5.74) is 2.94. The molecule has 0 bridgehead atoms. The number of carbonyl (C=O) groups excluding carboxylic acids is 1. The van der Waals surface area contributed by atoms with Crippen molar-refractivity contribution in [3.05, 3.63) is 95.6 Å². The summed E-state index contributed by atoms with van der Waals surface area (Å²) >= 11 is 0. The first-order valence-electron chi connectivity index (χ1n) is 10.9. The van der Waals surface area contributed by atoms with Crippen LogP contribution in [0.1, 0.15) is 41.3 Å². The van der Waals surface area contributed by atoms with Gasteiger partial charge in [0.15, 0.2) is 0 Å². The van der Waals surface area contributed by atoms with Gasteiger partial charge in [0.2, 0.25) is 10.0 Å². The van der Waals surface area contributed by atoms with Crippen molar-refractivity contribution in [1.82, 2.24) is 5.32 Å². The zero-order valence-electron chi connectivity index (χ0n) is 19.2. The summed E-state index contributed by atoms with van der Waals surface area (Å²) in [4.78, 5) is 12.6. The van der Waals surface area contributed by atoms with Crippen LogP contribution in [-0.4, -0.2) is 33.7 Å². The van der Waals surface area contributed by atoms with Gasteiger partial charge in [-0.1, -0.05) is 61.5 Å². The predicted molar refractivity (Wildman–Crippen MR) is 132 cm³/mol. The van der Waals surface area contributed by atoms with Crippen molar-refractivity contribution in [3.8, 4) is 5.75 Å². The van der Waals surface area contributed by atoms with Gasteiger partial charge >= 0.3 is 0 Å². The van der Waals surface area contributed by atoms with Crippen LogP contribution in [-0.2, 0) is 16.6 Å². The van der Waals surface area contributed by atoms with E-state index >= 15 is 0 Å². The first-order chi connectivity index (χ1) is 15.8. The van der Waals surface area contributed by atoms with Crippen molar-refractivity contribution in [2.75, 3.05) is 23.7 Å². The van der Waals surface area contributed by atoms with E-state index in [0.717, 1.165) is 5.56 Å². The molecule has 33 heavy (non-hydrogen) atoms. The number of para-hydroxylation sites is 2. The van der Waals surface area contributed by atoms with Gasteiger partial charge < -0.3 is 10.1 Å². The molecule has 174 valence electrons. The molecule has 0 aliphatic heterocycles. The van der Waals surface area contributed by atoms with E-state index in [4.69, 9.17) is 4.74 Å². The van der Waals surface area contributed by atoms with Gasteiger partial charge in [-0.2, -0.15) is 0 Å². The molecule has 0 aliphatic carbocycles. The Bertz CT molecular complexity index is 1160. The third-order valence-corrected chi connectivity index (χ3v) is 6.44. The van der Waals surface area contributed by atoms with E-state index < -0.39 is 10.0 Å². The maximum Gasteiger partial charge on any atom is 0.251 e. The van der Waals surface area contributed by atoms with E-state index in [1.165, 1.54) is 16.1 Å². The van der Waals surface area contributed by atoms with Gasteiger partial charge in [0.1, 0.15) is 5.75 Å². The van der Waals surface area contributed by atoms with Crippen molar-refractivity contribution in [1.29, 1.82) is 0 Å². The minimum Gasteiger partial charge on any atom is -0.492 e. The standard InChI is InChI=1S/C26H30N2O4S/c1-4-32-25-13-9-8-12-24(25)28(33(3,30)31)19-21-14-16-23(17-15-21)26(29)27-18-20(2)22-10-6-5-7-11-22/h5-17,20H,4,18-19H2,1-3H3,(H,27,29). The smallest absolute Gasteiger partial charge is 0.251 e. The van der Waals surface area contributed by atoms with Crippen molar-refractivity contribution >= 4 is 21.6 Å². The van der Waals surface area contributed by atoms with Crippen molar-refractivity contribution < 1.29 is 17.9 Å². The minimum absolute atomic E-state index is 0.135. The Morgan fingerprint density at radius 3 is 2.24 bits per heavy atom. The molecular formula is C26H30N2O4S. The number of hydrogen-bond donors (Lipinski definition) is 1. The van der Waals surface area contributed by atoms with Gasteiger partial charge in [-0.3, -0.25) is 9.10 Å². The number of hydrogen-bond acceptors (Lipinski definition) is 4. The number of nitrogens with zero attached hydrogens (tertiary/aromatic N) is 1. The summed E-state index contributed by atoms with van der Waals surface area (Å²) in [6.07, 6.45) is 1.17. The van der Waals surface area contributed by atoms with Crippen molar-refractivity contribution in [2.24, 2.45) is 0 Å². The highest BCUT2D eigenvalue weighted by Crippen LogP contribution is 2.31. The van der Waals surface area contributed by atoms with Crippen LogP contribution in [0.4, 0.5) is 5.69 Å². The molecule has 0 saturated heterocycles. The average molecular weight is 467 g/mol. The summed E-state index contributed by atoms with van der Waals surface area (Å²) in [5, 5.41) is 2.97. The monoisotopic (exact) mass is 466 g/mol. The fraction of sp³-hybridized carbons (Fsp3) is 0.269. The fourth-order valence-electron chi connectivity index (χ4n) is 3.50. The van der Waals surface area contributed by atoms with Gasteiger partial charge in [-0.05, 0) is 48.2 Å². The summed E-state index contributed by atoms with van der Waals surface area (Å²) in [6, 6.07) is 24.1. The van der Waals surface area contributed by atoms with Gasteiger partial charge in [0.05, 0.1) is 25.1 Å². The lowest BCUT2D eigenvalue weighted by Gasteiger charge is -2.24. The number of anilines is 1. The number of nitrogens with one attached hydrogen (secondary N) is 1. The summed E-state index contributed by atoms with van der Waals surface area (Å²) in [6.45, 7) is 5.02. The lowest BCUT2D eigenvalue weighted by atomic mass is 10.0. The van der Waals surface area contributed by atoms with E-state index in [1.54, 1.807) is 48.5 Å². The summed E-state index contributed by atoms with van der Waals surface area (Å²) in [7, 11) is -3.55. The number of rotatable bonds is 10. The molecular weight excluding hydrogens is 436 g/mol. The molecule has 1 unspecified atom stereocenters. The maximum absolute atomic E-state index is 12.6. The third kappa shape index (κ3) is 6.58. The van der Waals surface area contributed by atoms with E-state index in [1.807, 2.05) is 37.3 Å². The molecule has 1 amide bonds. The van der Waals surface area contributed by atoms with Gasteiger partial charge in [-0.25, -0.2) is 8.42 Å². The molecule has 0 heterocycles. The maximum atomic E-state index is 12.6. The molecule has 1 N–H and O–H groups in total. The van der Waals surface area contributed by atoms with Gasteiger partial charge in [0.25, 0.3) is 5.91 Å². The Kier molecular flexibility index (Phi) is 8.11. The van der Waals surface area contributed by atoms with Crippen LogP contribution in [0.15, 0.2) is 78.9 Å². The number of ether oxygens (including phenoxy) is 1. The second kappa shape index (κ2) is 11.0. The molecule has 0 radical (unpaired) electrons. The molecule has 0 saturated carbocycles. The van der Waals surface area contributed by atoms with E-state index in [9.17, 15) is 13.2 Å². The Hall–Kier alpha value is -3.32. The summed E-state index contributed by atoms with van der Waals surface area (Å²) < 4.78 is 32.0. The first kappa shape index (κ1) is 24.3. The Labute approximate surface area is 196 Å². The molecule has 3 aromatic rings. The molecule has 1 atom stereocenters.